The summed E-state index contributed by atoms with van der Waals surface area (Å²) in [5.41, 5.74) is 0. The normalized spacial score (nSPS) is 27.3. The Balaban J connectivity index is 1.73. The third kappa shape index (κ3) is 2.95. The molecule has 2 aliphatic rings. The first-order chi connectivity index (χ1) is 7.79. The van der Waals surface area contributed by atoms with Gasteiger partial charge in [0, 0.05) is 32.8 Å². The maximum Gasteiger partial charge on any atom is 0.225 e. The van der Waals surface area contributed by atoms with Crippen LogP contribution < -0.4 is 0 Å². The second kappa shape index (κ2) is 5.64. The average molecular weight is 226 g/mol. The molecule has 1 unspecified atom stereocenters. The number of ether oxygens (including phenoxy) is 1. The molecule has 2 rings (SSSR count). The van der Waals surface area contributed by atoms with Crippen molar-refractivity contribution in [2.75, 3.05) is 39.3 Å². The summed E-state index contributed by atoms with van der Waals surface area (Å²) in [5, 5.41) is 0. The Labute approximate surface area is 97.5 Å². The highest BCUT2D eigenvalue weighted by atomic mass is 16.5. The van der Waals surface area contributed by atoms with Crippen molar-refractivity contribution < 1.29 is 9.53 Å². The molecule has 1 amide bonds. The topological polar surface area (TPSA) is 32.8 Å². The van der Waals surface area contributed by atoms with E-state index in [4.69, 9.17) is 4.74 Å². The lowest BCUT2D eigenvalue weighted by Gasteiger charge is -2.34. The number of likely N-dealkylation sites (N-methyl/N-ethyl adjacent to an activating group) is 1. The van der Waals surface area contributed by atoms with Crippen molar-refractivity contribution in [3.8, 4) is 0 Å². The number of rotatable bonds is 3. The van der Waals surface area contributed by atoms with Gasteiger partial charge in [0.15, 0.2) is 0 Å². The minimum absolute atomic E-state index is 0.191. The van der Waals surface area contributed by atoms with Gasteiger partial charge in [0.2, 0.25) is 5.91 Å². The van der Waals surface area contributed by atoms with Gasteiger partial charge in [-0.15, -0.1) is 0 Å². The predicted molar refractivity (Wildman–Crippen MR) is 62.3 cm³/mol. The predicted octanol–water partition coefficient (Wildman–Crippen LogP) is 0.720. The highest BCUT2D eigenvalue weighted by Crippen LogP contribution is 2.16. The van der Waals surface area contributed by atoms with Crippen LogP contribution in [0.3, 0.4) is 0 Å². The van der Waals surface area contributed by atoms with Crippen LogP contribution in [0.15, 0.2) is 0 Å². The zero-order valence-electron chi connectivity index (χ0n) is 10.2. The van der Waals surface area contributed by atoms with Crippen LogP contribution in [-0.4, -0.2) is 61.1 Å². The fraction of sp³-hybridized carbons (Fsp3) is 0.917. The Morgan fingerprint density at radius 1 is 1.31 bits per heavy atom. The third-order valence-corrected chi connectivity index (χ3v) is 3.60. The summed E-state index contributed by atoms with van der Waals surface area (Å²) in [7, 11) is 0. The minimum atomic E-state index is 0.191. The van der Waals surface area contributed by atoms with Crippen molar-refractivity contribution in [1.29, 1.82) is 0 Å². The summed E-state index contributed by atoms with van der Waals surface area (Å²) < 4.78 is 5.50. The highest BCUT2D eigenvalue weighted by Gasteiger charge is 2.24. The van der Waals surface area contributed by atoms with Crippen LogP contribution >= 0.6 is 0 Å². The molecule has 0 spiro atoms. The molecule has 0 aliphatic carbocycles. The van der Waals surface area contributed by atoms with Crippen LogP contribution in [-0.2, 0) is 9.53 Å². The Bertz CT molecular complexity index is 231. The molecular weight excluding hydrogens is 204 g/mol. The number of hydrogen-bond donors (Lipinski definition) is 0. The Morgan fingerprint density at radius 2 is 2.06 bits per heavy atom. The second-order valence-electron chi connectivity index (χ2n) is 4.65. The number of nitrogens with zero attached hydrogens (tertiary/aromatic N) is 2. The molecular formula is C12H22N2O2. The van der Waals surface area contributed by atoms with Gasteiger partial charge in [-0.05, 0) is 19.4 Å². The minimum Gasteiger partial charge on any atom is -0.378 e. The number of carbonyl (C=O) groups excluding carboxylic acids is 1. The molecule has 0 aromatic heterocycles. The van der Waals surface area contributed by atoms with E-state index in [9.17, 15) is 4.79 Å². The zero-order chi connectivity index (χ0) is 11.4. The van der Waals surface area contributed by atoms with E-state index in [1.54, 1.807) is 0 Å². The van der Waals surface area contributed by atoms with Crippen LogP contribution in [0.25, 0.3) is 0 Å². The van der Waals surface area contributed by atoms with E-state index in [1.165, 1.54) is 0 Å². The number of piperazine rings is 1. The maximum absolute atomic E-state index is 12.0. The second-order valence-corrected chi connectivity index (χ2v) is 4.65. The molecule has 2 fully saturated rings. The number of carbonyl (C=O) groups is 1. The van der Waals surface area contributed by atoms with Gasteiger partial charge in [-0.25, -0.2) is 0 Å². The standard InChI is InChI=1S/C12H22N2O2/c1-2-13-5-7-14(8-6-13)12(15)10-11-4-3-9-16-11/h11H,2-10H2,1H3. The first-order valence-corrected chi connectivity index (χ1v) is 6.41. The van der Waals surface area contributed by atoms with Gasteiger partial charge < -0.3 is 14.5 Å². The van der Waals surface area contributed by atoms with Gasteiger partial charge >= 0.3 is 0 Å². The molecule has 0 N–H and O–H groups in total. The van der Waals surface area contributed by atoms with E-state index in [0.29, 0.717) is 6.42 Å². The molecule has 2 heterocycles. The first kappa shape index (κ1) is 11.9. The molecule has 16 heavy (non-hydrogen) atoms. The quantitative estimate of drug-likeness (QED) is 0.711. The Morgan fingerprint density at radius 3 is 2.62 bits per heavy atom. The van der Waals surface area contributed by atoms with E-state index in [-0.39, 0.29) is 12.0 Å². The summed E-state index contributed by atoms with van der Waals surface area (Å²) in [5.74, 6) is 0.280. The number of hydrogen-bond acceptors (Lipinski definition) is 3. The SMILES string of the molecule is CCN1CCN(C(=O)CC2CCCO2)CC1. The summed E-state index contributed by atoms with van der Waals surface area (Å²) in [6, 6.07) is 0. The van der Waals surface area contributed by atoms with Gasteiger partial charge in [0.1, 0.15) is 0 Å². The van der Waals surface area contributed by atoms with Crippen molar-refractivity contribution in [2.24, 2.45) is 0 Å². The Hall–Kier alpha value is -0.610. The smallest absolute Gasteiger partial charge is 0.225 e. The maximum atomic E-state index is 12.0. The van der Waals surface area contributed by atoms with Crippen LogP contribution in [0, 0.1) is 0 Å². The molecule has 0 bridgehead atoms. The van der Waals surface area contributed by atoms with E-state index in [0.717, 1.165) is 52.2 Å². The van der Waals surface area contributed by atoms with Gasteiger partial charge in [-0.3, -0.25) is 4.79 Å². The van der Waals surface area contributed by atoms with E-state index in [1.807, 2.05) is 4.90 Å². The Kier molecular flexibility index (Phi) is 4.18. The first-order valence-electron chi connectivity index (χ1n) is 6.41. The largest absolute Gasteiger partial charge is 0.378 e. The van der Waals surface area contributed by atoms with Gasteiger partial charge in [-0.1, -0.05) is 6.92 Å². The third-order valence-electron chi connectivity index (χ3n) is 3.60. The summed E-state index contributed by atoms with van der Waals surface area (Å²) in [4.78, 5) is 16.4. The van der Waals surface area contributed by atoms with Crippen molar-refractivity contribution in [3.63, 3.8) is 0 Å². The van der Waals surface area contributed by atoms with Gasteiger partial charge in [-0.2, -0.15) is 0 Å². The van der Waals surface area contributed by atoms with E-state index >= 15 is 0 Å². The molecule has 4 heteroatoms. The van der Waals surface area contributed by atoms with Crippen LogP contribution in [0.1, 0.15) is 26.2 Å². The van der Waals surface area contributed by atoms with Crippen molar-refractivity contribution in [1.82, 2.24) is 9.80 Å². The molecule has 0 saturated carbocycles. The molecule has 0 radical (unpaired) electrons. The lowest BCUT2D eigenvalue weighted by atomic mass is 10.1. The van der Waals surface area contributed by atoms with Crippen molar-refractivity contribution in [2.45, 2.75) is 32.3 Å². The van der Waals surface area contributed by atoms with Crippen molar-refractivity contribution in [3.05, 3.63) is 0 Å². The molecule has 2 aliphatic heterocycles. The fourth-order valence-electron chi connectivity index (χ4n) is 2.44. The zero-order valence-corrected chi connectivity index (χ0v) is 10.2. The lowest BCUT2D eigenvalue weighted by Crippen LogP contribution is -2.49. The highest BCUT2D eigenvalue weighted by molar-refractivity contribution is 5.76. The molecule has 4 nitrogen and oxygen atoms in total. The van der Waals surface area contributed by atoms with E-state index < -0.39 is 0 Å². The molecule has 0 aromatic carbocycles. The molecule has 0 aromatic rings. The number of amides is 1. The fourth-order valence-corrected chi connectivity index (χ4v) is 2.44. The summed E-state index contributed by atoms with van der Waals surface area (Å²) in [6.07, 6.45) is 2.95. The van der Waals surface area contributed by atoms with Crippen LogP contribution in [0.5, 0.6) is 0 Å². The average Bonchev–Trinajstić information content (AvgIpc) is 2.82. The van der Waals surface area contributed by atoms with E-state index in [2.05, 4.69) is 11.8 Å². The summed E-state index contributed by atoms with van der Waals surface area (Å²) >= 11 is 0. The lowest BCUT2D eigenvalue weighted by molar-refractivity contribution is -0.135. The molecule has 2 saturated heterocycles. The van der Waals surface area contributed by atoms with Crippen molar-refractivity contribution >= 4 is 5.91 Å². The monoisotopic (exact) mass is 226 g/mol. The van der Waals surface area contributed by atoms with Crippen LogP contribution in [0.4, 0.5) is 0 Å². The molecule has 1 atom stereocenters. The summed E-state index contributed by atoms with van der Waals surface area (Å²) in [6.45, 7) is 7.92. The van der Waals surface area contributed by atoms with Crippen LogP contribution in [0.2, 0.25) is 0 Å². The molecule has 92 valence electrons. The van der Waals surface area contributed by atoms with Gasteiger partial charge in [0.25, 0.3) is 0 Å². The van der Waals surface area contributed by atoms with Gasteiger partial charge in [0.05, 0.1) is 12.5 Å².